The Bertz CT molecular complexity index is 579. The third-order valence-corrected chi connectivity index (χ3v) is 5.06. The summed E-state index contributed by atoms with van der Waals surface area (Å²) in [6, 6.07) is 10.1. The summed E-state index contributed by atoms with van der Waals surface area (Å²) in [5, 5.41) is 11.7. The predicted molar refractivity (Wildman–Crippen MR) is 81.4 cm³/mol. The average Bonchev–Trinajstić information content (AvgIpc) is 3.27. The molecule has 1 N–H and O–H groups in total. The van der Waals surface area contributed by atoms with Crippen molar-refractivity contribution in [2.45, 2.75) is 17.6 Å². The Morgan fingerprint density at radius 3 is 2.45 bits per heavy atom. The van der Waals surface area contributed by atoms with Crippen molar-refractivity contribution in [3.8, 4) is 11.3 Å². The molecule has 0 bridgehead atoms. The summed E-state index contributed by atoms with van der Waals surface area (Å²) in [7, 11) is 0. The second kappa shape index (κ2) is 5.40. The number of hydrogen-bond acceptors (Lipinski definition) is 4. The van der Waals surface area contributed by atoms with E-state index in [-0.39, 0.29) is 5.82 Å². The summed E-state index contributed by atoms with van der Waals surface area (Å²) in [6.07, 6.45) is 4.68. The van der Waals surface area contributed by atoms with E-state index in [9.17, 15) is 4.39 Å². The van der Waals surface area contributed by atoms with Crippen molar-refractivity contribution in [1.82, 2.24) is 10.2 Å². The van der Waals surface area contributed by atoms with Gasteiger partial charge in [0.05, 0.1) is 5.69 Å². The lowest BCUT2D eigenvalue weighted by Crippen LogP contribution is -2.18. The summed E-state index contributed by atoms with van der Waals surface area (Å²) in [6.45, 7) is 0.929. The van der Waals surface area contributed by atoms with Crippen LogP contribution in [0, 0.1) is 5.82 Å². The fourth-order valence-electron chi connectivity index (χ4n) is 2.05. The van der Waals surface area contributed by atoms with Gasteiger partial charge < -0.3 is 5.32 Å². The smallest absolute Gasteiger partial charge is 0.148 e. The van der Waals surface area contributed by atoms with E-state index in [1.165, 1.54) is 25.0 Å². The van der Waals surface area contributed by atoms with Gasteiger partial charge in [0.25, 0.3) is 0 Å². The molecule has 1 aliphatic rings. The van der Waals surface area contributed by atoms with Crippen molar-refractivity contribution >= 4 is 17.6 Å². The van der Waals surface area contributed by atoms with E-state index < -0.39 is 0 Å². The van der Waals surface area contributed by atoms with Crippen LogP contribution in [0.4, 0.5) is 10.2 Å². The summed E-state index contributed by atoms with van der Waals surface area (Å²) < 4.78 is 13.3. The lowest BCUT2D eigenvalue weighted by molar-refractivity contribution is 0.628. The van der Waals surface area contributed by atoms with Crippen molar-refractivity contribution in [3.63, 3.8) is 0 Å². The van der Waals surface area contributed by atoms with Crippen molar-refractivity contribution in [2.75, 3.05) is 18.1 Å². The monoisotopic (exact) mass is 289 g/mol. The second-order valence-electron chi connectivity index (χ2n) is 5.05. The van der Waals surface area contributed by atoms with Crippen LogP contribution in [0.5, 0.6) is 0 Å². The third kappa shape index (κ3) is 2.93. The van der Waals surface area contributed by atoms with Crippen LogP contribution >= 0.6 is 11.8 Å². The van der Waals surface area contributed by atoms with Gasteiger partial charge in [0.1, 0.15) is 11.6 Å². The fraction of sp³-hybridized carbons (Fsp3) is 0.333. The minimum atomic E-state index is -0.244. The SMILES string of the molecule is CSC1(CNc2ccc(-c3ccc(F)cc3)nn2)CC1. The molecule has 3 rings (SSSR count). The molecule has 20 heavy (non-hydrogen) atoms. The molecule has 0 saturated heterocycles. The van der Waals surface area contributed by atoms with Crippen LogP contribution in [0.15, 0.2) is 36.4 Å². The van der Waals surface area contributed by atoms with Crippen LogP contribution in [0.3, 0.4) is 0 Å². The normalized spacial score (nSPS) is 15.9. The summed E-state index contributed by atoms with van der Waals surface area (Å²) in [4.78, 5) is 0. The quantitative estimate of drug-likeness (QED) is 0.913. The molecular formula is C15H16FN3S. The van der Waals surface area contributed by atoms with Crippen LogP contribution in [-0.2, 0) is 0 Å². The van der Waals surface area contributed by atoms with Crippen LogP contribution in [-0.4, -0.2) is 27.7 Å². The first-order chi connectivity index (χ1) is 9.71. The van der Waals surface area contributed by atoms with E-state index in [2.05, 4.69) is 21.8 Å². The van der Waals surface area contributed by atoms with Gasteiger partial charge in [-0.15, -0.1) is 10.2 Å². The van der Waals surface area contributed by atoms with Gasteiger partial charge >= 0.3 is 0 Å². The molecule has 1 saturated carbocycles. The Labute approximate surface area is 122 Å². The van der Waals surface area contributed by atoms with Crippen molar-refractivity contribution in [3.05, 3.63) is 42.2 Å². The molecule has 2 aromatic rings. The maximum atomic E-state index is 12.9. The molecule has 0 amide bonds. The van der Waals surface area contributed by atoms with Gasteiger partial charge in [-0.05, 0) is 55.5 Å². The highest BCUT2D eigenvalue weighted by Gasteiger charge is 2.41. The Kier molecular flexibility index (Phi) is 3.61. The molecule has 0 atom stereocenters. The highest BCUT2D eigenvalue weighted by atomic mass is 32.2. The molecule has 1 aromatic heterocycles. The number of halogens is 1. The predicted octanol–water partition coefficient (Wildman–Crippen LogP) is 3.59. The molecule has 1 aromatic carbocycles. The highest BCUT2D eigenvalue weighted by Crippen LogP contribution is 2.46. The zero-order valence-corrected chi connectivity index (χ0v) is 12.1. The van der Waals surface area contributed by atoms with Gasteiger partial charge in [0.15, 0.2) is 0 Å². The minimum absolute atomic E-state index is 0.244. The number of thioether (sulfide) groups is 1. The van der Waals surface area contributed by atoms with E-state index >= 15 is 0 Å². The molecule has 0 aliphatic heterocycles. The maximum Gasteiger partial charge on any atom is 0.148 e. The van der Waals surface area contributed by atoms with E-state index in [4.69, 9.17) is 0 Å². The Balaban J connectivity index is 1.66. The van der Waals surface area contributed by atoms with Gasteiger partial charge in [-0.25, -0.2) is 4.39 Å². The third-order valence-electron chi connectivity index (χ3n) is 3.64. The molecule has 3 nitrogen and oxygen atoms in total. The summed E-state index contributed by atoms with van der Waals surface area (Å²) >= 11 is 1.91. The molecule has 1 heterocycles. The van der Waals surface area contributed by atoms with Crippen LogP contribution < -0.4 is 5.32 Å². The second-order valence-corrected chi connectivity index (χ2v) is 6.33. The molecule has 0 unspecified atom stereocenters. The van der Waals surface area contributed by atoms with E-state index in [1.54, 1.807) is 12.1 Å². The zero-order valence-electron chi connectivity index (χ0n) is 11.3. The molecular weight excluding hydrogens is 273 g/mol. The van der Waals surface area contributed by atoms with Crippen LogP contribution in [0.25, 0.3) is 11.3 Å². The van der Waals surface area contributed by atoms with E-state index in [1.807, 2.05) is 23.9 Å². The Morgan fingerprint density at radius 2 is 1.90 bits per heavy atom. The molecule has 5 heteroatoms. The Morgan fingerprint density at radius 1 is 1.15 bits per heavy atom. The van der Waals surface area contributed by atoms with Gasteiger partial charge in [-0.1, -0.05) is 0 Å². The van der Waals surface area contributed by atoms with Crippen LogP contribution in [0.2, 0.25) is 0 Å². The topological polar surface area (TPSA) is 37.8 Å². The number of benzene rings is 1. The fourth-order valence-corrected chi connectivity index (χ4v) is 2.77. The molecule has 0 spiro atoms. The Hall–Kier alpha value is -1.62. The lowest BCUT2D eigenvalue weighted by atomic mass is 10.1. The molecule has 1 fully saturated rings. The number of aromatic nitrogens is 2. The lowest BCUT2D eigenvalue weighted by Gasteiger charge is -2.13. The van der Waals surface area contributed by atoms with Gasteiger partial charge in [0, 0.05) is 16.9 Å². The first-order valence-electron chi connectivity index (χ1n) is 6.59. The standard InChI is InChI=1S/C15H16FN3S/c1-20-15(8-9-15)10-17-14-7-6-13(18-19-14)11-2-4-12(16)5-3-11/h2-7H,8-10H2,1H3,(H,17,19). The van der Waals surface area contributed by atoms with Gasteiger partial charge in [-0.2, -0.15) is 11.8 Å². The number of hydrogen-bond donors (Lipinski definition) is 1. The minimum Gasteiger partial charge on any atom is -0.367 e. The highest BCUT2D eigenvalue weighted by molar-refractivity contribution is 8.00. The first kappa shape index (κ1) is 13.4. The van der Waals surface area contributed by atoms with E-state index in [0.29, 0.717) is 4.75 Å². The van der Waals surface area contributed by atoms with Crippen molar-refractivity contribution < 1.29 is 4.39 Å². The zero-order chi connectivity index (χ0) is 14.0. The molecule has 1 aliphatic carbocycles. The molecule has 0 radical (unpaired) electrons. The van der Waals surface area contributed by atoms with Gasteiger partial charge in [0.2, 0.25) is 0 Å². The van der Waals surface area contributed by atoms with Crippen LogP contribution in [0.1, 0.15) is 12.8 Å². The van der Waals surface area contributed by atoms with Crippen molar-refractivity contribution in [2.24, 2.45) is 0 Å². The average molecular weight is 289 g/mol. The van der Waals surface area contributed by atoms with Crippen molar-refractivity contribution in [1.29, 1.82) is 0 Å². The number of nitrogens with one attached hydrogen (secondary N) is 1. The number of rotatable bonds is 5. The van der Waals surface area contributed by atoms with Gasteiger partial charge in [-0.3, -0.25) is 0 Å². The maximum absolute atomic E-state index is 12.9. The summed E-state index contributed by atoms with van der Waals surface area (Å²) in [5.74, 6) is 0.544. The summed E-state index contributed by atoms with van der Waals surface area (Å²) in [5.41, 5.74) is 1.62. The first-order valence-corrected chi connectivity index (χ1v) is 7.82. The largest absolute Gasteiger partial charge is 0.367 e. The van der Waals surface area contributed by atoms with E-state index in [0.717, 1.165) is 23.6 Å². The number of anilines is 1. The molecule has 104 valence electrons. The number of nitrogens with zero attached hydrogens (tertiary/aromatic N) is 2.